The molecule has 0 aromatic heterocycles. The number of esters is 1. The van der Waals surface area contributed by atoms with Gasteiger partial charge in [0.1, 0.15) is 0 Å². The number of carbonyl (C=O) groups is 2. The lowest BCUT2D eigenvalue weighted by atomic mass is 10.0. The van der Waals surface area contributed by atoms with E-state index in [-0.39, 0.29) is 18.5 Å². The van der Waals surface area contributed by atoms with E-state index in [1.807, 2.05) is 0 Å². The molecule has 6 heteroatoms. The number of hydrogen-bond acceptors (Lipinski definition) is 5. The number of rotatable bonds is 62. The number of carbonyl (C=O) groups excluding carboxylic acids is 2. The van der Waals surface area contributed by atoms with Gasteiger partial charge in [-0.1, -0.05) is 301 Å². The number of amides is 1. The summed E-state index contributed by atoms with van der Waals surface area (Å²) in [5, 5.41) is 23.4. The Labute approximate surface area is 456 Å². The van der Waals surface area contributed by atoms with Crippen molar-refractivity contribution >= 4 is 11.9 Å². The molecule has 6 nitrogen and oxygen atoms in total. The van der Waals surface area contributed by atoms with Gasteiger partial charge in [-0.15, -0.1) is 0 Å². The first kappa shape index (κ1) is 71.3. The molecular weight excluding hydrogens is 899 g/mol. The average Bonchev–Trinajstić information content (AvgIpc) is 3.39. The molecule has 0 saturated carbocycles. The molecule has 0 fully saturated rings. The Morgan fingerprint density at radius 1 is 0.370 bits per heavy atom. The van der Waals surface area contributed by atoms with E-state index < -0.39 is 12.1 Å². The third-order valence-corrected chi connectivity index (χ3v) is 15.5. The normalized spacial score (nSPS) is 12.7. The molecule has 0 aliphatic rings. The first-order valence-corrected chi connectivity index (χ1v) is 33.1. The summed E-state index contributed by atoms with van der Waals surface area (Å²) in [4.78, 5) is 24.6. The van der Waals surface area contributed by atoms with Gasteiger partial charge in [-0.2, -0.15) is 0 Å². The maximum absolute atomic E-state index is 12.5. The van der Waals surface area contributed by atoms with Gasteiger partial charge in [0.15, 0.2) is 0 Å². The zero-order chi connectivity index (χ0) is 52.9. The maximum Gasteiger partial charge on any atom is 0.305 e. The van der Waals surface area contributed by atoms with Crippen molar-refractivity contribution in [2.24, 2.45) is 0 Å². The molecule has 0 aliphatic carbocycles. The lowest BCUT2D eigenvalue weighted by Gasteiger charge is -2.22. The van der Waals surface area contributed by atoms with Crippen molar-refractivity contribution < 1.29 is 24.5 Å². The standard InChI is InChI=1S/C67H129NO5/c1-3-5-7-9-11-13-15-17-19-20-25-28-32-35-39-43-47-51-55-59-65(70)64(63-69)68-66(71)60-56-52-48-44-40-36-33-29-26-23-21-22-24-27-30-34-38-42-46-50-54-58-62-73-67(72)61-57-53-49-45-41-37-31-18-16-14-12-10-8-6-4-2/h18,23,26,31,64-65,69-70H,3-17,19-22,24-25,27-30,32-63H2,1-2H3,(H,68,71)/b26-23-,31-18-. The first-order valence-electron chi connectivity index (χ1n) is 33.1. The second-order valence-electron chi connectivity index (χ2n) is 22.8. The zero-order valence-corrected chi connectivity index (χ0v) is 49.4. The summed E-state index contributed by atoms with van der Waals surface area (Å²) in [6.07, 6.45) is 77.7. The molecule has 1 amide bonds. The highest BCUT2D eigenvalue weighted by atomic mass is 16.5. The van der Waals surface area contributed by atoms with Crippen LogP contribution in [0.25, 0.3) is 0 Å². The van der Waals surface area contributed by atoms with Crippen molar-refractivity contribution in [3.63, 3.8) is 0 Å². The Morgan fingerprint density at radius 3 is 0.973 bits per heavy atom. The summed E-state index contributed by atoms with van der Waals surface area (Å²) in [5.74, 6) is -0.0360. The number of unbranched alkanes of at least 4 members (excludes halogenated alkanes) is 47. The minimum atomic E-state index is -0.669. The molecule has 0 spiro atoms. The van der Waals surface area contributed by atoms with Gasteiger partial charge in [0.05, 0.1) is 25.4 Å². The van der Waals surface area contributed by atoms with Crippen molar-refractivity contribution in [2.45, 2.75) is 379 Å². The molecule has 0 aliphatic heterocycles. The van der Waals surface area contributed by atoms with Crippen LogP contribution in [0, 0.1) is 0 Å². The van der Waals surface area contributed by atoms with E-state index in [4.69, 9.17) is 4.74 Å². The summed E-state index contributed by atoms with van der Waals surface area (Å²) in [5.41, 5.74) is 0. The predicted molar refractivity (Wildman–Crippen MR) is 320 cm³/mol. The summed E-state index contributed by atoms with van der Waals surface area (Å²) >= 11 is 0. The van der Waals surface area contributed by atoms with Gasteiger partial charge < -0.3 is 20.3 Å². The minimum Gasteiger partial charge on any atom is -0.466 e. The Hall–Kier alpha value is -1.66. The summed E-state index contributed by atoms with van der Waals surface area (Å²) in [6, 6.07) is -0.547. The maximum atomic E-state index is 12.5. The lowest BCUT2D eigenvalue weighted by Crippen LogP contribution is -2.45. The van der Waals surface area contributed by atoms with Crippen molar-refractivity contribution in [1.29, 1.82) is 0 Å². The van der Waals surface area contributed by atoms with Crippen LogP contribution in [0.4, 0.5) is 0 Å². The molecule has 2 atom stereocenters. The fourth-order valence-electron chi connectivity index (χ4n) is 10.4. The van der Waals surface area contributed by atoms with Crippen LogP contribution in [-0.4, -0.2) is 47.4 Å². The van der Waals surface area contributed by atoms with Crippen LogP contribution >= 0.6 is 0 Å². The van der Waals surface area contributed by atoms with Crippen molar-refractivity contribution in [1.82, 2.24) is 5.32 Å². The quantitative estimate of drug-likeness (QED) is 0.0320. The second-order valence-corrected chi connectivity index (χ2v) is 22.8. The predicted octanol–water partition coefficient (Wildman–Crippen LogP) is 21.0. The Morgan fingerprint density at radius 2 is 0.644 bits per heavy atom. The van der Waals surface area contributed by atoms with Crippen LogP contribution in [0.1, 0.15) is 367 Å². The third-order valence-electron chi connectivity index (χ3n) is 15.5. The van der Waals surface area contributed by atoms with E-state index >= 15 is 0 Å². The van der Waals surface area contributed by atoms with Crippen LogP contribution in [0.3, 0.4) is 0 Å². The first-order chi connectivity index (χ1) is 36.0. The van der Waals surface area contributed by atoms with Crippen LogP contribution in [0.5, 0.6) is 0 Å². The molecular formula is C67H129NO5. The molecule has 0 rings (SSSR count). The van der Waals surface area contributed by atoms with E-state index in [0.29, 0.717) is 25.9 Å². The summed E-state index contributed by atoms with van der Waals surface area (Å²) in [6.45, 7) is 4.97. The molecule has 73 heavy (non-hydrogen) atoms. The highest BCUT2D eigenvalue weighted by molar-refractivity contribution is 5.76. The second kappa shape index (κ2) is 62.9. The molecule has 0 heterocycles. The highest BCUT2D eigenvalue weighted by Crippen LogP contribution is 2.18. The Balaban J connectivity index is 3.42. The van der Waals surface area contributed by atoms with Gasteiger partial charge in [0.25, 0.3) is 0 Å². The number of hydrogen-bond donors (Lipinski definition) is 3. The summed E-state index contributed by atoms with van der Waals surface area (Å²) in [7, 11) is 0. The van der Waals surface area contributed by atoms with Crippen LogP contribution in [0.15, 0.2) is 24.3 Å². The van der Waals surface area contributed by atoms with Gasteiger partial charge in [-0.25, -0.2) is 0 Å². The molecule has 2 unspecified atom stereocenters. The average molecular weight is 1030 g/mol. The van der Waals surface area contributed by atoms with Crippen LogP contribution in [-0.2, 0) is 14.3 Å². The van der Waals surface area contributed by atoms with Crippen molar-refractivity contribution in [3.8, 4) is 0 Å². The van der Waals surface area contributed by atoms with Gasteiger partial charge in [0.2, 0.25) is 5.91 Å². The van der Waals surface area contributed by atoms with Gasteiger partial charge in [-0.05, 0) is 77.0 Å². The number of ether oxygens (including phenoxy) is 1. The molecule has 0 aromatic rings. The number of allylic oxidation sites excluding steroid dienone is 4. The molecule has 0 aromatic carbocycles. The fourth-order valence-corrected chi connectivity index (χ4v) is 10.4. The summed E-state index contributed by atoms with van der Waals surface area (Å²) < 4.78 is 5.48. The third kappa shape index (κ3) is 59.4. The topological polar surface area (TPSA) is 95.9 Å². The van der Waals surface area contributed by atoms with Crippen LogP contribution < -0.4 is 5.32 Å². The number of nitrogens with one attached hydrogen (secondary N) is 1. The fraction of sp³-hybridized carbons (Fsp3) is 0.910. The van der Waals surface area contributed by atoms with E-state index in [1.165, 1.54) is 289 Å². The van der Waals surface area contributed by atoms with Gasteiger partial charge in [-0.3, -0.25) is 9.59 Å². The lowest BCUT2D eigenvalue weighted by molar-refractivity contribution is -0.143. The largest absolute Gasteiger partial charge is 0.466 e. The van der Waals surface area contributed by atoms with E-state index in [0.717, 1.165) is 44.9 Å². The van der Waals surface area contributed by atoms with E-state index in [2.05, 4.69) is 43.5 Å². The van der Waals surface area contributed by atoms with Gasteiger partial charge in [0, 0.05) is 12.8 Å². The molecule has 0 bridgehead atoms. The molecule has 432 valence electrons. The zero-order valence-electron chi connectivity index (χ0n) is 49.4. The number of aliphatic hydroxyl groups excluding tert-OH is 2. The highest BCUT2D eigenvalue weighted by Gasteiger charge is 2.20. The molecule has 3 N–H and O–H groups in total. The molecule has 0 radical (unpaired) electrons. The van der Waals surface area contributed by atoms with Crippen LogP contribution in [0.2, 0.25) is 0 Å². The molecule has 0 saturated heterocycles. The van der Waals surface area contributed by atoms with Gasteiger partial charge >= 0.3 is 5.97 Å². The Kier molecular flexibility index (Phi) is 61.4. The van der Waals surface area contributed by atoms with E-state index in [1.54, 1.807) is 0 Å². The minimum absolute atomic E-state index is 0.00272. The van der Waals surface area contributed by atoms with E-state index in [9.17, 15) is 19.8 Å². The monoisotopic (exact) mass is 1030 g/mol. The number of aliphatic hydroxyl groups is 2. The van der Waals surface area contributed by atoms with Crippen molar-refractivity contribution in [3.05, 3.63) is 24.3 Å². The smallest absolute Gasteiger partial charge is 0.305 e. The SMILES string of the molecule is CCCCCCCC/C=C\CCCCCCCC(=O)OCCCCCCCCCCCCC/C=C\CCCCCCCCCC(=O)NC(CO)C(O)CCCCCCCCCCCCCCCCCCCCC. The van der Waals surface area contributed by atoms with Crippen molar-refractivity contribution in [2.75, 3.05) is 13.2 Å². The Bertz CT molecular complexity index is 1140.